The molecule has 0 amide bonds. The maximum atomic E-state index is 12.1. The highest BCUT2D eigenvalue weighted by atomic mass is 35.5. The van der Waals surface area contributed by atoms with Gasteiger partial charge in [-0.05, 0) is 43.3 Å². The molecule has 0 spiro atoms. The molecule has 5 rings (SSSR count). The number of fused-ring (bicyclic) bond motifs is 1. The van der Waals surface area contributed by atoms with E-state index in [2.05, 4.69) is 44.6 Å². The molecule has 1 aliphatic heterocycles. The molecule has 10 nitrogen and oxygen atoms in total. The summed E-state index contributed by atoms with van der Waals surface area (Å²) in [5.41, 5.74) is 3.44. The Morgan fingerprint density at radius 3 is 2.70 bits per heavy atom. The number of anilines is 4. The number of nitrogens with zero attached hydrogens (tertiary/aromatic N) is 6. The first-order valence-corrected chi connectivity index (χ1v) is 14.2. The van der Waals surface area contributed by atoms with Crippen LogP contribution in [0.15, 0.2) is 55.0 Å². The van der Waals surface area contributed by atoms with Crippen LogP contribution in [-0.4, -0.2) is 66.9 Å². The number of nitrogens with one attached hydrogen (secondary N) is 2. The van der Waals surface area contributed by atoms with E-state index in [-0.39, 0.29) is 0 Å². The molecule has 0 saturated carbocycles. The first kappa shape index (κ1) is 25.2. The molecule has 0 radical (unpaired) electrons. The molecular weight excluding hydrogens is 512 g/mol. The summed E-state index contributed by atoms with van der Waals surface area (Å²) >= 11 is 6.20. The van der Waals surface area contributed by atoms with Crippen molar-refractivity contribution in [2.24, 2.45) is 0 Å². The minimum atomic E-state index is -3.49. The second kappa shape index (κ2) is 10.2. The molecule has 4 aromatic rings. The predicted molar refractivity (Wildman–Crippen MR) is 149 cm³/mol. The normalized spacial score (nSPS) is 16.2. The maximum absolute atomic E-state index is 12.1. The van der Waals surface area contributed by atoms with Gasteiger partial charge in [0.1, 0.15) is 11.5 Å². The molecule has 37 heavy (non-hydrogen) atoms. The Balaban J connectivity index is 1.38. The summed E-state index contributed by atoms with van der Waals surface area (Å²) in [4.78, 5) is 15.8. The van der Waals surface area contributed by atoms with Crippen LogP contribution in [0.1, 0.15) is 12.5 Å². The van der Waals surface area contributed by atoms with Crippen LogP contribution in [0.2, 0.25) is 5.02 Å². The lowest BCUT2D eigenvalue weighted by atomic mass is 10.2. The minimum Gasteiger partial charge on any atom is -0.369 e. The van der Waals surface area contributed by atoms with Gasteiger partial charge >= 0.3 is 0 Å². The first-order chi connectivity index (χ1) is 17.7. The Morgan fingerprint density at radius 2 is 1.97 bits per heavy atom. The summed E-state index contributed by atoms with van der Waals surface area (Å²) in [7, 11) is -2.02. The van der Waals surface area contributed by atoms with Crippen molar-refractivity contribution < 1.29 is 8.42 Å². The number of hydrogen-bond acceptors (Lipinski definition) is 8. The summed E-state index contributed by atoms with van der Waals surface area (Å²) in [6.07, 6.45) is 6.23. The van der Waals surface area contributed by atoms with Crippen LogP contribution in [0, 0.1) is 0 Å². The lowest BCUT2D eigenvalue weighted by Gasteiger charge is -2.33. The zero-order valence-corrected chi connectivity index (χ0v) is 22.5. The molecule has 0 aliphatic carbocycles. The standard InChI is InChI=1S/C25H29ClN8O2S/c1-17-15-33(11-9-27-17)22-6-4-21(5-7-22)30-25-29-13-18-8-10-34(24(18)31-25)16-19-12-20(26)14-28-23(19)32(2)37(3,35)36/h4-8,10,12-14,17,27H,9,11,15-16H2,1-3H3,(H,29,30,31). The third-order valence-electron chi connectivity index (χ3n) is 6.41. The Morgan fingerprint density at radius 1 is 1.19 bits per heavy atom. The molecule has 1 aliphatic rings. The van der Waals surface area contributed by atoms with Crippen molar-refractivity contribution in [1.82, 2.24) is 24.8 Å². The maximum Gasteiger partial charge on any atom is 0.233 e. The molecule has 1 atom stereocenters. The van der Waals surface area contributed by atoms with Crippen LogP contribution in [0.4, 0.5) is 23.1 Å². The highest BCUT2D eigenvalue weighted by molar-refractivity contribution is 7.92. The van der Waals surface area contributed by atoms with E-state index in [0.717, 1.165) is 41.3 Å². The number of piperazine rings is 1. The van der Waals surface area contributed by atoms with Gasteiger partial charge in [-0.2, -0.15) is 4.98 Å². The number of rotatable bonds is 7. The van der Waals surface area contributed by atoms with Crippen LogP contribution < -0.4 is 19.8 Å². The van der Waals surface area contributed by atoms with Crippen molar-refractivity contribution in [2.75, 3.05) is 47.5 Å². The monoisotopic (exact) mass is 540 g/mol. The second-order valence-electron chi connectivity index (χ2n) is 9.26. The largest absolute Gasteiger partial charge is 0.369 e. The van der Waals surface area contributed by atoms with E-state index < -0.39 is 10.0 Å². The van der Waals surface area contributed by atoms with Crippen molar-refractivity contribution in [3.8, 4) is 0 Å². The smallest absolute Gasteiger partial charge is 0.233 e. The van der Waals surface area contributed by atoms with E-state index in [4.69, 9.17) is 16.6 Å². The van der Waals surface area contributed by atoms with Crippen molar-refractivity contribution in [3.05, 3.63) is 65.6 Å². The number of halogens is 1. The molecule has 1 unspecified atom stereocenters. The van der Waals surface area contributed by atoms with E-state index in [9.17, 15) is 8.42 Å². The van der Waals surface area contributed by atoms with E-state index >= 15 is 0 Å². The third-order valence-corrected chi connectivity index (χ3v) is 7.78. The van der Waals surface area contributed by atoms with Gasteiger partial charge in [-0.15, -0.1) is 0 Å². The average molecular weight is 541 g/mol. The van der Waals surface area contributed by atoms with Crippen molar-refractivity contribution in [2.45, 2.75) is 19.5 Å². The molecule has 1 aromatic carbocycles. The lowest BCUT2D eigenvalue weighted by molar-refractivity contribution is 0.485. The van der Waals surface area contributed by atoms with Crippen molar-refractivity contribution >= 4 is 55.8 Å². The van der Waals surface area contributed by atoms with Gasteiger partial charge in [0.05, 0.1) is 17.8 Å². The first-order valence-electron chi connectivity index (χ1n) is 11.9. The molecule has 4 heterocycles. The Labute approximate surface area is 221 Å². The Bertz CT molecular complexity index is 1520. The van der Waals surface area contributed by atoms with E-state index in [1.165, 1.54) is 18.9 Å². The predicted octanol–water partition coefficient (Wildman–Crippen LogP) is 3.47. The van der Waals surface area contributed by atoms with Crippen LogP contribution in [0.3, 0.4) is 0 Å². The summed E-state index contributed by atoms with van der Waals surface area (Å²) < 4.78 is 27.3. The van der Waals surface area contributed by atoms with Crippen molar-refractivity contribution in [1.29, 1.82) is 0 Å². The van der Waals surface area contributed by atoms with Crippen LogP contribution in [0.5, 0.6) is 0 Å². The average Bonchev–Trinajstić information content (AvgIpc) is 3.25. The molecule has 1 fully saturated rings. The fourth-order valence-corrected chi connectivity index (χ4v) is 5.08. The highest BCUT2D eigenvalue weighted by Gasteiger charge is 2.19. The molecule has 3 aromatic heterocycles. The summed E-state index contributed by atoms with van der Waals surface area (Å²) in [5.74, 6) is 0.786. The van der Waals surface area contributed by atoms with Crippen LogP contribution in [-0.2, 0) is 16.6 Å². The van der Waals surface area contributed by atoms with Gasteiger partial charge in [0.25, 0.3) is 0 Å². The number of hydrogen-bond donors (Lipinski definition) is 2. The SMILES string of the molecule is CC1CN(c2ccc(Nc3ncc4ccn(Cc5cc(Cl)cnc5N(C)S(C)(=O)=O)c4n3)cc2)CCN1. The fourth-order valence-electron chi connectivity index (χ4n) is 4.42. The van der Waals surface area contributed by atoms with Gasteiger partial charge in [-0.25, -0.2) is 18.4 Å². The number of sulfonamides is 1. The van der Waals surface area contributed by atoms with Gasteiger partial charge in [0.15, 0.2) is 0 Å². The fraction of sp³-hybridized carbons (Fsp3) is 0.320. The van der Waals surface area contributed by atoms with Gasteiger partial charge in [0, 0.05) is 73.6 Å². The Hall–Kier alpha value is -3.41. The number of aromatic nitrogens is 4. The van der Waals surface area contributed by atoms with Crippen LogP contribution in [0.25, 0.3) is 11.0 Å². The van der Waals surface area contributed by atoms with E-state index in [0.29, 0.717) is 40.6 Å². The van der Waals surface area contributed by atoms with Gasteiger partial charge in [0.2, 0.25) is 16.0 Å². The zero-order chi connectivity index (χ0) is 26.2. The summed E-state index contributed by atoms with van der Waals surface area (Å²) in [6.45, 7) is 5.47. The van der Waals surface area contributed by atoms with E-state index in [1.807, 2.05) is 29.0 Å². The van der Waals surface area contributed by atoms with Gasteiger partial charge in [-0.3, -0.25) is 4.31 Å². The Kier molecular flexibility index (Phi) is 6.93. The molecule has 2 N–H and O–H groups in total. The van der Waals surface area contributed by atoms with Gasteiger partial charge in [-0.1, -0.05) is 11.6 Å². The molecule has 194 valence electrons. The number of pyridine rings is 1. The minimum absolute atomic E-state index is 0.320. The van der Waals surface area contributed by atoms with Crippen LogP contribution >= 0.6 is 11.6 Å². The summed E-state index contributed by atoms with van der Waals surface area (Å²) in [6, 6.07) is 12.4. The zero-order valence-electron chi connectivity index (χ0n) is 20.9. The molecular formula is C25H29ClN8O2S. The van der Waals surface area contributed by atoms with E-state index in [1.54, 1.807) is 12.3 Å². The quantitative estimate of drug-likeness (QED) is 0.367. The molecule has 12 heteroatoms. The summed E-state index contributed by atoms with van der Waals surface area (Å²) in [5, 5.41) is 8.04. The third kappa shape index (κ3) is 5.63. The van der Waals surface area contributed by atoms with Crippen molar-refractivity contribution in [3.63, 3.8) is 0 Å². The second-order valence-corrected chi connectivity index (χ2v) is 11.7. The lowest BCUT2D eigenvalue weighted by Crippen LogP contribution is -2.49. The molecule has 1 saturated heterocycles. The topological polar surface area (TPSA) is 108 Å². The highest BCUT2D eigenvalue weighted by Crippen LogP contribution is 2.26. The number of benzene rings is 1. The molecule has 0 bridgehead atoms. The van der Waals surface area contributed by atoms with Gasteiger partial charge < -0.3 is 20.1 Å².